The van der Waals surface area contributed by atoms with Crippen LogP contribution in [0.3, 0.4) is 0 Å². The molecule has 0 fully saturated rings. The normalized spacial score (nSPS) is 11.4. The Labute approximate surface area is 47.9 Å². The fourth-order valence-corrected chi connectivity index (χ4v) is 1.06. The molecule has 0 saturated heterocycles. The average molecular weight is 113 g/mol. The van der Waals surface area contributed by atoms with Crippen molar-refractivity contribution in [2.45, 2.75) is 26.1 Å². The van der Waals surface area contributed by atoms with Crippen molar-refractivity contribution in [3.8, 4) is 0 Å². The van der Waals surface area contributed by atoms with Crippen molar-refractivity contribution in [1.29, 1.82) is 0 Å². The van der Waals surface area contributed by atoms with Crippen molar-refractivity contribution < 1.29 is 0 Å². The minimum atomic E-state index is 0.0159. The molecule has 0 rings (SSSR count). The first-order chi connectivity index (χ1) is 3.27. The molecule has 0 aliphatic heterocycles. The molecule has 0 amide bonds. The first-order valence-corrected chi connectivity index (χ1v) is 5.38. The third-order valence-electron chi connectivity index (χ3n) is 0.762. The Kier molecular flexibility index (Phi) is 4.10. The number of hydrogen-bond donors (Lipinski definition) is 0. The van der Waals surface area contributed by atoms with Gasteiger partial charge in [0.05, 0.1) is 0 Å². The van der Waals surface area contributed by atoms with E-state index in [-0.39, 0.29) is 8.80 Å². The smallest absolute Gasteiger partial charge is 0.0452 e. The summed E-state index contributed by atoms with van der Waals surface area (Å²) in [5, 5.41) is 0. The highest BCUT2D eigenvalue weighted by atomic mass is 28.3. The van der Waals surface area contributed by atoms with Crippen LogP contribution in [-0.2, 0) is 0 Å². The highest BCUT2D eigenvalue weighted by molar-refractivity contribution is 6.56. The van der Waals surface area contributed by atoms with E-state index < -0.39 is 0 Å². The molecule has 0 atom stereocenters. The van der Waals surface area contributed by atoms with Gasteiger partial charge < -0.3 is 0 Å². The van der Waals surface area contributed by atoms with Crippen LogP contribution in [0.1, 0.15) is 6.92 Å². The molecular weight excluding hydrogens is 100 g/mol. The van der Waals surface area contributed by atoms with E-state index in [2.05, 4.69) is 32.2 Å². The Morgan fingerprint density at radius 2 is 2.00 bits per heavy atom. The van der Waals surface area contributed by atoms with Gasteiger partial charge in [0.1, 0.15) is 0 Å². The fourth-order valence-electron chi connectivity index (χ4n) is 0.354. The summed E-state index contributed by atoms with van der Waals surface area (Å²) >= 11 is 0. The summed E-state index contributed by atoms with van der Waals surface area (Å²) in [7, 11) is 0.0159. The minimum absolute atomic E-state index is 0.0159. The molecular formula is C6H13Si. The monoisotopic (exact) mass is 113 g/mol. The first-order valence-electron chi connectivity index (χ1n) is 2.67. The van der Waals surface area contributed by atoms with E-state index in [0.29, 0.717) is 0 Å². The third-order valence-corrected chi connectivity index (χ3v) is 1.81. The molecule has 0 bridgehead atoms. The molecule has 0 unspecified atom stereocenters. The fraction of sp³-hybridized carbons (Fsp3) is 0.667. The molecule has 0 aliphatic carbocycles. The van der Waals surface area contributed by atoms with Crippen molar-refractivity contribution in [1.82, 2.24) is 0 Å². The molecule has 0 aliphatic rings. The molecule has 0 nitrogen and oxygen atoms in total. The Hall–Kier alpha value is -0.0431. The van der Waals surface area contributed by atoms with Gasteiger partial charge in [0.15, 0.2) is 0 Å². The Morgan fingerprint density at radius 1 is 1.43 bits per heavy atom. The molecule has 1 radical (unpaired) electrons. The Bertz CT molecular complexity index is 55.2. The summed E-state index contributed by atoms with van der Waals surface area (Å²) < 4.78 is 0. The molecule has 0 saturated carbocycles. The minimum Gasteiger partial charge on any atom is -0.0920 e. The summed E-state index contributed by atoms with van der Waals surface area (Å²) in [6, 6.07) is 1.32. The quantitative estimate of drug-likeness (QED) is 0.381. The van der Waals surface area contributed by atoms with Crippen LogP contribution in [0.15, 0.2) is 12.2 Å². The zero-order chi connectivity index (χ0) is 5.70. The zero-order valence-electron chi connectivity index (χ0n) is 5.36. The van der Waals surface area contributed by atoms with Crippen LogP contribution in [-0.4, -0.2) is 8.80 Å². The lowest BCUT2D eigenvalue weighted by Crippen LogP contribution is -1.94. The molecule has 1 heteroatoms. The maximum absolute atomic E-state index is 2.32. The van der Waals surface area contributed by atoms with Gasteiger partial charge in [-0.15, -0.1) is 0 Å². The van der Waals surface area contributed by atoms with Gasteiger partial charge in [-0.05, 0) is 13.0 Å². The Morgan fingerprint density at radius 3 is 2.14 bits per heavy atom. The van der Waals surface area contributed by atoms with Gasteiger partial charge >= 0.3 is 0 Å². The van der Waals surface area contributed by atoms with Gasteiger partial charge in [0, 0.05) is 8.80 Å². The zero-order valence-corrected chi connectivity index (χ0v) is 6.36. The second-order valence-electron chi connectivity index (χ2n) is 1.98. The summed E-state index contributed by atoms with van der Waals surface area (Å²) in [5.74, 6) is 0. The van der Waals surface area contributed by atoms with Crippen LogP contribution in [0.2, 0.25) is 19.1 Å². The number of allylic oxidation sites excluding steroid dienone is 2. The van der Waals surface area contributed by atoms with Crippen LogP contribution in [0.5, 0.6) is 0 Å². The van der Waals surface area contributed by atoms with Crippen LogP contribution in [0.25, 0.3) is 0 Å². The van der Waals surface area contributed by atoms with Crippen LogP contribution in [0, 0.1) is 0 Å². The molecule has 0 aromatic heterocycles. The summed E-state index contributed by atoms with van der Waals surface area (Å²) in [6.45, 7) is 6.72. The van der Waals surface area contributed by atoms with Gasteiger partial charge in [-0.2, -0.15) is 0 Å². The average Bonchev–Trinajstić information content (AvgIpc) is 1.61. The topological polar surface area (TPSA) is 0 Å². The highest BCUT2D eigenvalue weighted by Crippen LogP contribution is 1.90. The van der Waals surface area contributed by atoms with E-state index in [4.69, 9.17) is 0 Å². The van der Waals surface area contributed by atoms with Crippen LogP contribution in [0.4, 0.5) is 0 Å². The van der Waals surface area contributed by atoms with Gasteiger partial charge in [-0.25, -0.2) is 0 Å². The van der Waals surface area contributed by atoms with Crippen molar-refractivity contribution in [2.75, 3.05) is 0 Å². The summed E-state index contributed by atoms with van der Waals surface area (Å²) in [5.41, 5.74) is 0. The van der Waals surface area contributed by atoms with Crippen LogP contribution < -0.4 is 0 Å². The number of hydrogen-bond acceptors (Lipinski definition) is 0. The first kappa shape index (κ1) is 6.96. The molecule has 0 heterocycles. The van der Waals surface area contributed by atoms with E-state index in [1.807, 2.05) is 0 Å². The Balaban J connectivity index is 2.97. The predicted octanol–water partition coefficient (Wildman–Crippen LogP) is 2.32. The molecule has 41 valence electrons. The lowest BCUT2D eigenvalue weighted by Gasteiger charge is -1.90. The third kappa shape index (κ3) is 5.96. The van der Waals surface area contributed by atoms with Crippen molar-refractivity contribution in [2.24, 2.45) is 0 Å². The second-order valence-corrected chi connectivity index (χ2v) is 4.80. The molecule has 0 spiro atoms. The standard InChI is InChI=1S/C6H13Si/c1-4-5-6-7(2)3/h4-5H,6H2,1-3H3/b5-4+. The van der Waals surface area contributed by atoms with Gasteiger partial charge in [-0.3, -0.25) is 0 Å². The van der Waals surface area contributed by atoms with E-state index in [9.17, 15) is 0 Å². The van der Waals surface area contributed by atoms with E-state index in [0.717, 1.165) is 0 Å². The summed E-state index contributed by atoms with van der Waals surface area (Å²) in [6.07, 6.45) is 4.37. The van der Waals surface area contributed by atoms with Gasteiger partial charge in [0.25, 0.3) is 0 Å². The van der Waals surface area contributed by atoms with Crippen molar-refractivity contribution >= 4 is 8.80 Å². The maximum atomic E-state index is 2.32. The van der Waals surface area contributed by atoms with Gasteiger partial charge in [-0.1, -0.05) is 25.2 Å². The van der Waals surface area contributed by atoms with Crippen molar-refractivity contribution in [3.05, 3.63) is 12.2 Å². The highest BCUT2D eigenvalue weighted by Gasteiger charge is 1.86. The molecule has 7 heavy (non-hydrogen) atoms. The maximum Gasteiger partial charge on any atom is 0.0452 e. The summed E-state index contributed by atoms with van der Waals surface area (Å²) in [4.78, 5) is 0. The molecule has 0 aromatic carbocycles. The SMILES string of the molecule is C/C=C/C[Si](C)C. The largest absolute Gasteiger partial charge is 0.0920 e. The second kappa shape index (κ2) is 4.12. The molecule has 0 aromatic rings. The van der Waals surface area contributed by atoms with Crippen LogP contribution >= 0.6 is 0 Å². The van der Waals surface area contributed by atoms with E-state index >= 15 is 0 Å². The lowest BCUT2D eigenvalue weighted by atomic mass is 10.6. The van der Waals surface area contributed by atoms with E-state index in [1.54, 1.807) is 0 Å². The lowest BCUT2D eigenvalue weighted by molar-refractivity contribution is 1.56. The molecule has 0 N–H and O–H groups in total. The van der Waals surface area contributed by atoms with Gasteiger partial charge in [0.2, 0.25) is 0 Å². The van der Waals surface area contributed by atoms with E-state index in [1.165, 1.54) is 6.04 Å². The van der Waals surface area contributed by atoms with Crippen molar-refractivity contribution in [3.63, 3.8) is 0 Å². The number of rotatable bonds is 2. The predicted molar refractivity (Wildman–Crippen MR) is 37.1 cm³/mol.